The van der Waals surface area contributed by atoms with Crippen LogP contribution in [0.25, 0.3) is 0 Å². The predicted molar refractivity (Wildman–Crippen MR) is 84.8 cm³/mol. The third-order valence-electron chi connectivity index (χ3n) is 2.98. The monoisotopic (exact) mass is 316 g/mol. The molecule has 0 spiro atoms. The fourth-order valence-corrected chi connectivity index (χ4v) is 1.87. The zero-order valence-electron chi connectivity index (χ0n) is 12.5. The molecule has 0 aliphatic heterocycles. The SMILES string of the molecule is COc1cccc(NC(=O)CCOc2cccc([N+](=O)[O-])c2)c1. The smallest absolute Gasteiger partial charge is 0.273 e. The van der Waals surface area contributed by atoms with Crippen LogP contribution < -0.4 is 14.8 Å². The molecule has 2 aromatic rings. The van der Waals surface area contributed by atoms with Gasteiger partial charge in [0.1, 0.15) is 11.5 Å². The van der Waals surface area contributed by atoms with E-state index < -0.39 is 4.92 Å². The highest BCUT2D eigenvalue weighted by molar-refractivity contribution is 5.90. The van der Waals surface area contributed by atoms with Gasteiger partial charge in [0.05, 0.1) is 31.1 Å². The molecular weight excluding hydrogens is 300 g/mol. The van der Waals surface area contributed by atoms with Crippen molar-refractivity contribution in [2.24, 2.45) is 0 Å². The predicted octanol–water partition coefficient (Wildman–Crippen LogP) is 3.01. The first-order valence-electron chi connectivity index (χ1n) is 6.89. The minimum atomic E-state index is -0.498. The molecule has 7 nitrogen and oxygen atoms in total. The number of carbonyl (C=O) groups is 1. The zero-order chi connectivity index (χ0) is 16.7. The van der Waals surface area contributed by atoms with Gasteiger partial charge in [-0.05, 0) is 18.2 Å². The van der Waals surface area contributed by atoms with Gasteiger partial charge in [0, 0.05) is 17.8 Å². The molecule has 0 bridgehead atoms. The molecule has 0 saturated carbocycles. The minimum absolute atomic E-state index is 0.0525. The molecule has 7 heteroatoms. The van der Waals surface area contributed by atoms with E-state index in [0.29, 0.717) is 17.2 Å². The topological polar surface area (TPSA) is 90.7 Å². The number of methoxy groups -OCH3 is 1. The van der Waals surface area contributed by atoms with Crippen LogP contribution in [0.3, 0.4) is 0 Å². The summed E-state index contributed by atoms with van der Waals surface area (Å²) in [5, 5.41) is 13.4. The first-order chi connectivity index (χ1) is 11.1. The van der Waals surface area contributed by atoms with Crippen molar-refractivity contribution in [3.8, 4) is 11.5 Å². The summed E-state index contributed by atoms with van der Waals surface area (Å²) in [6.45, 7) is 0.122. The number of hydrogen-bond acceptors (Lipinski definition) is 5. The van der Waals surface area contributed by atoms with Crippen molar-refractivity contribution < 1.29 is 19.2 Å². The Hall–Kier alpha value is -3.09. The Labute approximate surface area is 133 Å². The lowest BCUT2D eigenvalue weighted by Crippen LogP contribution is -2.15. The van der Waals surface area contributed by atoms with Crippen LogP contribution in [-0.4, -0.2) is 24.5 Å². The summed E-state index contributed by atoms with van der Waals surface area (Å²) in [6.07, 6.45) is 0.125. The first kappa shape index (κ1) is 16.3. The van der Waals surface area contributed by atoms with Crippen molar-refractivity contribution in [2.45, 2.75) is 6.42 Å². The van der Waals surface area contributed by atoms with Crippen LogP contribution in [0.5, 0.6) is 11.5 Å². The standard InChI is InChI=1S/C16H16N2O5/c1-22-14-6-2-4-12(10-14)17-16(19)8-9-23-15-7-3-5-13(11-15)18(20)21/h2-7,10-11H,8-9H2,1H3,(H,17,19). The van der Waals surface area contributed by atoms with Gasteiger partial charge in [0.25, 0.3) is 5.69 Å². The summed E-state index contributed by atoms with van der Waals surface area (Å²) in [5.74, 6) is 0.785. The summed E-state index contributed by atoms with van der Waals surface area (Å²) in [5.41, 5.74) is 0.577. The molecule has 0 unspecified atom stereocenters. The van der Waals surface area contributed by atoms with Gasteiger partial charge in [-0.3, -0.25) is 14.9 Å². The van der Waals surface area contributed by atoms with E-state index >= 15 is 0 Å². The summed E-state index contributed by atoms with van der Waals surface area (Å²) in [6, 6.07) is 12.8. The maximum absolute atomic E-state index is 11.8. The lowest BCUT2D eigenvalue weighted by Gasteiger charge is -2.08. The van der Waals surface area contributed by atoms with E-state index in [2.05, 4.69) is 5.32 Å². The third-order valence-corrected chi connectivity index (χ3v) is 2.98. The molecule has 0 atom stereocenters. The highest BCUT2D eigenvalue weighted by Crippen LogP contribution is 2.19. The van der Waals surface area contributed by atoms with Crippen molar-refractivity contribution in [2.75, 3.05) is 19.0 Å². The fraction of sp³-hybridized carbons (Fsp3) is 0.188. The molecule has 0 aromatic heterocycles. The number of amides is 1. The Morgan fingerprint density at radius 2 is 1.91 bits per heavy atom. The molecule has 2 rings (SSSR count). The average molecular weight is 316 g/mol. The number of rotatable bonds is 7. The number of anilines is 1. The normalized spacial score (nSPS) is 9.96. The molecule has 0 aliphatic carbocycles. The van der Waals surface area contributed by atoms with E-state index in [4.69, 9.17) is 9.47 Å². The molecule has 120 valence electrons. The molecule has 0 saturated heterocycles. The fourth-order valence-electron chi connectivity index (χ4n) is 1.87. The van der Waals surface area contributed by atoms with E-state index in [1.807, 2.05) is 0 Å². The molecule has 23 heavy (non-hydrogen) atoms. The Balaban J connectivity index is 1.82. The van der Waals surface area contributed by atoms with Crippen LogP contribution in [0.4, 0.5) is 11.4 Å². The van der Waals surface area contributed by atoms with Gasteiger partial charge in [0.15, 0.2) is 0 Å². The number of non-ortho nitro benzene ring substituents is 1. The molecule has 1 N–H and O–H groups in total. The van der Waals surface area contributed by atoms with Crippen LogP contribution in [-0.2, 0) is 4.79 Å². The van der Waals surface area contributed by atoms with Gasteiger partial charge in [-0.15, -0.1) is 0 Å². The number of nitrogens with zero attached hydrogens (tertiary/aromatic N) is 1. The highest BCUT2D eigenvalue weighted by Gasteiger charge is 2.08. The second kappa shape index (κ2) is 7.79. The van der Waals surface area contributed by atoms with E-state index in [1.165, 1.54) is 18.2 Å². The molecular formula is C16H16N2O5. The van der Waals surface area contributed by atoms with Gasteiger partial charge in [-0.25, -0.2) is 0 Å². The molecule has 0 heterocycles. The Bertz CT molecular complexity index is 702. The van der Waals surface area contributed by atoms with Gasteiger partial charge in [-0.2, -0.15) is 0 Å². The number of carbonyl (C=O) groups excluding carboxylic acids is 1. The van der Waals surface area contributed by atoms with Gasteiger partial charge in [-0.1, -0.05) is 12.1 Å². The highest BCUT2D eigenvalue weighted by atomic mass is 16.6. The first-order valence-corrected chi connectivity index (χ1v) is 6.89. The number of ether oxygens (including phenoxy) is 2. The van der Waals surface area contributed by atoms with E-state index in [1.54, 1.807) is 37.4 Å². The number of hydrogen-bond donors (Lipinski definition) is 1. The minimum Gasteiger partial charge on any atom is -0.497 e. The molecule has 2 aromatic carbocycles. The molecule has 0 fully saturated rings. The summed E-state index contributed by atoms with van der Waals surface area (Å²) in [4.78, 5) is 22.0. The number of nitro benzene ring substituents is 1. The van der Waals surface area contributed by atoms with E-state index in [-0.39, 0.29) is 24.6 Å². The van der Waals surface area contributed by atoms with Crippen molar-refractivity contribution >= 4 is 17.3 Å². The van der Waals surface area contributed by atoms with E-state index in [9.17, 15) is 14.9 Å². The summed E-state index contributed by atoms with van der Waals surface area (Å²) >= 11 is 0. The van der Waals surface area contributed by atoms with Crippen molar-refractivity contribution in [3.05, 3.63) is 58.6 Å². The van der Waals surface area contributed by atoms with Gasteiger partial charge < -0.3 is 14.8 Å². The quantitative estimate of drug-likeness (QED) is 0.626. The summed E-state index contributed by atoms with van der Waals surface area (Å²) in [7, 11) is 1.55. The number of benzene rings is 2. The molecule has 1 amide bonds. The number of nitro groups is 1. The Morgan fingerprint density at radius 3 is 2.65 bits per heavy atom. The van der Waals surface area contributed by atoms with Gasteiger partial charge in [0.2, 0.25) is 5.91 Å². The maximum atomic E-state index is 11.8. The van der Waals surface area contributed by atoms with Crippen LogP contribution in [0.2, 0.25) is 0 Å². The van der Waals surface area contributed by atoms with Crippen molar-refractivity contribution in [1.29, 1.82) is 0 Å². The largest absolute Gasteiger partial charge is 0.497 e. The average Bonchev–Trinajstić information content (AvgIpc) is 2.55. The van der Waals surface area contributed by atoms with Crippen molar-refractivity contribution in [1.82, 2.24) is 0 Å². The second-order valence-electron chi connectivity index (χ2n) is 4.63. The Morgan fingerprint density at radius 1 is 1.17 bits per heavy atom. The summed E-state index contributed by atoms with van der Waals surface area (Å²) < 4.78 is 10.4. The van der Waals surface area contributed by atoms with Crippen molar-refractivity contribution in [3.63, 3.8) is 0 Å². The molecule has 0 radical (unpaired) electrons. The molecule has 0 aliphatic rings. The number of nitrogens with one attached hydrogen (secondary N) is 1. The zero-order valence-corrected chi connectivity index (χ0v) is 12.5. The maximum Gasteiger partial charge on any atom is 0.273 e. The Kier molecular flexibility index (Phi) is 5.51. The van der Waals surface area contributed by atoms with Crippen LogP contribution in [0.1, 0.15) is 6.42 Å². The lowest BCUT2D eigenvalue weighted by atomic mass is 10.3. The van der Waals surface area contributed by atoms with Gasteiger partial charge >= 0.3 is 0 Å². The second-order valence-corrected chi connectivity index (χ2v) is 4.63. The van der Waals surface area contributed by atoms with Crippen LogP contribution >= 0.6 is 0 Å². The van der Waals surface area contributed by atoms with Crippen LogP contribution in [0, 0.1) is 10.1 Å². The van der Waals surface area contributed by atoms with Crippen LogP contribution in [0.15, 0.2) is 48.5 Å². The van der Waals surface area contributed by atoms with E-state index in [0.717, 1.165) is 0 Å². The lowest BCUT2D eigenvalue weighted by molar-refractivity contribution is -0.384. The third kappa shape index (κ3) is 4.99.